The van der Waals surface area contributed by atoms with Crippen LogP contribution in [0.4, 0.5) is 5.69 Å². The molecule has 0 aliphatic carbocycles. The molecule has 0 spiro atoms. The molecule has 1 atom stereocenters. The lowest BCUT2D eigenvalue weighted by atomic mass is 10.0. The Labute approximate surface area is 150 Å². The Hall–Kier alpha value is -2.99. The van der Waals surface area contributed by atoms with Crippen LogP contribution in [-0.2, 0) is 4.79 Å². The van der Waals surface area contributed by atoms with Crippen LogP contribution in [0.15, 0.2) is 47.3 Å². The van der Waals surface area contributed by atoms with Gasteiger partial charge in [0.1, 0.15) is 5.69 Å². The molecule has 2 heterocycles. The fraction of sp³-hybridized carbons (Fsp3) is 0.250. The lowest BCUT2D eigenvalue weighted by Crippen LogP contribution is -2.35. The first-order valence-corrected chi connectivity index (χ1v) is 8.75. The normalized spacial score (nSPS) is 16.7. The van der Waals surface area contributed by atoms with Crippen LogP contribution in [0.25, 0.3) is 22.2 Å². The van der Waals surface area contributed by atoms with Gasteiger partial charge in [0.25, 0.3) is 5.56 Å². The number of aromatic amines is 1. The molecule has 4 rings (SSSR count). The van der Waals surface area contributed by atoms with E-state index in [1.165, 1.54) is 0 Å². The number of aromatic nitrogens is 2. The summed E-state index contributed by atoms with van der Waals surface area (Å²) in [4.78, 5) is 31.2. The number of anilines is 1. The highest BCUT2D eigenvalue weighted by atomic mass is 16.2. The number of hydrogen-bond donors (Lipinski definition) is 3. The summed E-state index contributed by atoms with van der Waals surface area (Å²) in [6.07, 6.45) is 1.91. The second-order valence-electron chi connectivity index (χ2n) is 6.60. The molecule has 26 heavy (non-hydrogen) atoms. The number of amides is 1. The fourth-order valence-electron chi connectivity index (χ4n) is 3.27. The van der Waals surface area contributed by atoms with Crippen molar-refractivity contribution in [1.29, 1.82) is 0 Å². The molecule has 1 fully saturated rings. The predicted octanol–water partition coefficient (Wildman–Crippen LogP) is 2.59. The van der Waals surface area contributed by atoms with E-state index in [-0.39, 0.29) is 17.5 Å². The van der Waals surface area contributed by atoms with E-state index in [0.717, 1.165) is 41.7 Å². The number of H-pyrrole nitrogens is 1. The fourth-order valence-corrected chi connectivity index (χ4v) is 3.27. The molecule has 0 bridgehead atoms. The minimum Gasteiger partial charge on any atom is -0.325 e. The molecule has 3 N–H and O–H groups in total. The number of rotatable bonds is 3. The third-order valence-electron chi connectivity index (χ3n) is 4.70. The van der Waals surface area contributed by atoms with Gasteiger partial charge in [-0.15, -0.1) is 0 Å². The quantitative estimate of drug-likeness (QED) is 0.679. The first kappa shape index (κ1) is 16.5. The summed E-state index contributed by atoms with van der Waals surface area (Å²) < 4.78 is 0. The number of benzene rings is 2. The number of carbonyl (C=O) groups is 1. The summed E-state index contributed by atoms with van der Waals surface area (Å²) in [7, 11) is 0. The molecular weight excluding hydrogens is 328 g/mol. The number of nitrogens with zero attached hydrogens (tertiary/aromatic N) is 1. The average Bonchev–Trinajstić information content (AvgIpc) is 3.17. The van der Waals surface area contributed by atoms with Crippen molar-refractivity contribution >= 4 is 22.6 Å². The van der Waals surface area contributed by atoms with Gasteiger partial charge in [-0.25, -0.2) is 4.98 Å². The Balaban J connectivity index is 1.63. The van der Waals surface area contributed by atoms with Crippen molar-refractivity contribution in [3.8, 4) is 11.1 Å². The van der Waals surface area contributed by atoms with Crippen LogP contribution < -0.4 is 16.2 Å². The van der Waals surface area contributed by atoms with Crippen LogP contribution in [-0.4, -0.2) is 28.5 Å². The Bertz CT molecular complexity index is 1040. The highest BCUT2D eigenvalue weighted by Gasteiger charge is 2.21. The van der Waals surface area contributed by atoms with Gasteiger partial charge in [-0.2, -0.15) is 0 Å². The molecule has 3 aromatic rings. The first-order valence-electron chi connectivity index (χ1n) is 8.75. The molecular formula is C20H20N4O2. The lowest BCUT2D eigenvalue weighted by Gasteiger charge is -2.12. The van der Waals surface area contributed by atoms with Gasteiger partial charge in [0, 0.05) is 5.69 Å². The molecule has 0 radical (unpaired) electrons. The average molecular weight is 348 g/mol. The van der Waals surface area contributed by atoms with Crippen LogP contribution in [0.1, 0.15) is 18.5 Å². The van der Waals surface area contributed by atoms with E-state index in [9.17, 15) is 9.59 Å². The number of carbonyl (C=O) groups excluding carboxylic acids is 1. The van der Waals surface area contributed by atoms with E-state index in [1.807, 2.05) is 42.5 Å². The van der Waals surface area contributed by atoms with Gasteiger partial charge in [0.05, 0.1) is 17.1 Å². The Morgan fingerprint density at radius 2 is 2.04 bits per heavy atom. The van der Waals surface area contributed by atoms with Crippen molar-refractivity contribution in [2.75, 3.05) is 11.9 Å². The Kier molecular flexibility index (Phi) is 4.26. The highest BCUT2D eigenvalue weighted by Crippen LogP contribution is 2.25. The summed E-state index contributed by atoms with van der Waals surface area (Å²) in [5.41, 5.74) is 4.45. The van der Waals surface area contributed by atoms with E-state index in [0.29, 0.717) is 11.2 Å². The summed E-state index contributed by atoms with van der Waals surface area (Å²) in [6.45, 7) is 2.59. The van der Waals surface area contributed by atoms with Gasteiger partial charge >= 0.3 is 0 Å². The number of hydrogen-bond acceptors (Lipinski definition) is 4. The number of fused-ring (bicyclic) bond motifs is 1. The Morgan fingerprint density at radius 3 is 2.85 bits per heavy atom. The second kappa shape index (κ2) is 6.72. The standard InChI is InChI=1S/C20H20N4O2/c1-12-19(25)24-16-8-7-14(11-18(16)22-12)13-4-2-5-15(10-13)23-20(26)17-6-3-9-21-17/h2,4-5,7-8,10-11,17,21H,3,6,9H2,1H3,(H,23,26)(H,24,25)/t17-/m0/s1. The van der Waals surface area contributed by atoms with Gasteiger partial charge in [0.2, 0.25) is 5.91 Å². The highest BCUT2D eigenvalue weighted by molar-refractivity contribution is 5.95. The van der Waals surface area contributed by atoms with E-state index in [4.69, 9.17) is 0 Å². The van der Waals surface area contributed by atoms with Gasteiger partial charge in [-0.1, -0.05) is 18.2 Å². The summed E-state index contributed by atoms with van der Waals surface area (Å²) in [5, 5.41) is 6.19. The van der Waals surface area contributed by atoms with Crippen LogP contribution in [0.2, 0.25) is 0 Å². The molecule has 1 aliphatic rings. The monoisotopic (exact) mass is 348 g/mol. The molecule has 1 aromatic heterocycles. The van der Waals surface area contributed by atoms with Gasteiger partial charge in [0.15, 0.2) is 0 Å². The van der Waals surface area contributed by atoms with E-state index >= 15 is 0 Å². The molecule has 0 unspecified atom stereocenters. The zero-order chi connectivity index (χ0) is 18.1. The number of nitrogens with one attached hydrogen (secondary N) is 3. The summed E-state index contributed by atoms with van der Waals surface area (Å²) >= 11 is 0. The first-order chi connectivity index (χ1) is 12.6. The topological polar surface area (TPSA) is 86.9 Å². The SMILES string of the molecule is Cc1nc2cc(-c3cccc(NC(=O)[C@@H]4CCCN4)c3)ccc2[nH]c1=O. The largest absolute Gasteiger partial charge is 0.325 e. The molecule has 1 saturated heterocycles. The molecule has 132 valence electrons. The van der Waals surface area contributed by atoms with E-state index in [2.05, 4.69) is 20.6 Å². The minimum atomic E-state index is -0.171. The van der Waals surface area contributed by atoms with Crippen molar-refractivity contribution in [3.63, 3.8) is 0 Å². The van der Waals surface area contributed by atoms with Crippen molar-refractivity contribution < 1.29 is 4.79 Å². The van der Waals surface area contributed by atoms with Gasteiger partial charge in [-0.05, 0) is 61.7 Å². The molecule has 1 aliphatic heterocycles. The molecule has 6 heteroatoms. The predicted molar refractivity (Wildman–Crippen MR) is 102 cm³/mol. The van der Waals surface area contributed by atoms with Gasteiger partial charge in [-0.3, -0.25) is 9.59 Å². The van der Waals surface area contributed by atoms with Crippen LogP contribution in [0, 0.1) is 6.92 Å². The van der Waals surface area contributed by atoms with Gasteiger partial charge < -0.3 is 15.6 Å². The maximum absolute atomic E-state index is 12.3. The van der Waals surface area contributed by atoms with Crippen LogP contribution >= 0.6 is 0 Å². The summed E-state index contributed by atoms with van der Waals surface area (Å²) in [5.74, 6) is 0.00743. The lowest BCUT2D eigenvalue weighted by molar-refractivity contribution is -0.117. The van der Waals surface area contributed by atoms with Crippen molar-refractivity contribution in [1.82, 2.24) is 15.3 Å². The smallest absolute Gasteiger partial charge is 0.269 e. The van der Waals surface area contributed by atoms with Crippen LogP contribution in [0.3, 0.4) is 0 Å². The third kappa shape index (κ3) is 3.23. The number of aryl methyl sites for hydroxylation is 1. The van der Waals surface area contributed by atoms with Crippen molar-refractivity contribution in [2.45, 2.75) is 25.8 Å². The summed E-state index contributed by atoms with van der Waals surface area (Å²) in [6, 6.07) is 13.4. The third-order valence-corrected chi connectivity index (χ3v) is 4.70. The zero-order valence-corrected chi connectivity index (χ0v) is 14.5. The molecule has 0 saturated carbocycles. The molecule has 6 nitrogen and oxygen atoms in total. The van der Waals surface area contributed by atoms with Crippen molar-refractivity contribution in [2.24, 2.45) is 0 Å². The zero-order valence-electron chi connectivity index (χ0n) is 14.5. The molecule has 2 aromatic carbocycles. The maximum Gasteiger partial charge on any atom is 0.269 e. The van der Waals surface area contributed by atoms with E-state index in [1.54, 1.807) is 6.92 Å². The maximum atomic E-state index is 12.3. The van der Waals surface area contributed by atoms with E-state index < -0.39 is 0 Å². The minimum absolute atomic E-state index is 0.00743. The van der Waals surface area contributed by atoms with Crippen LogP contribution in [0.5, 0.6) is 0 Å². The molecule has 1 amide bonds. The Morgan fingerprint density at radius 1 is 1.19 bits per heavy atom. The van der Waals surface area contributed by atoms with Crippen molar-refractivity contribution in [3.05, 3.63) is 58.5 Å². The second-order valence-corrected chi connectivity index (χ2v) is 6.60.